The Kier molecular flexibility index (Phi) is 9.60. The van der Waals surface area contributed by atoms with E-state index in [4.69, 9.17) is 9.47 Å². The molecule has 0 heterocycles. The highest BCUT2D eigenvalue weighted by atomic mass is 16.5. The van der Waals surface area contributed by atoms with Crippen LogP contribution in [0.5, 0.6) is 0 Å². The van der Waals surface area contributed by atoms with Crippen LogP contribution in [0.4, 0.5) is 0 Å². The molecular formula is C22H38O5. The molecule has 0 bridgehead atoms. The smallest absolute Gasteiger partial charge is 0.309 e. The largest absolute Gasteiger partial charge is 0.462 e. The molecule has 0 spiro atoms. The maximum Gasteiger partial charge on any atom is 0.309 e. The minimum atomic E-state index is -0.260. The molecule has 5 heteroatoms. The quantitative estimate of drug-likeness (QED) is 0.468. The highest BCUT2D eigenvalue weighted by molar-refractivity contribution is 5.73. The lowest BCUT2D eigenvalue weighted by atomic mass is 9.86. The molecule has 2 fully saturated rings. The van der Waals surface area contributed by atoms with Crippen molar-refractivity contribution in [2.75, 3.05) is 0 Å². The number of ether oxygens (including phenoxy) is 2. The molecule has 2 aliphatic rings. The Hall–Kier alpha value is -1.10. The van der Waals surface area contributed by atoms with Crippen LogP contribution in [0.2, 0.25) is 0 Å². The number of unbranched alkanes of at least 4 members (excludes halogenated alkanes) is 3. The first-order valence-corrected chi connectivity index (χ1v) is 11.1. The lowest BCUT2D eigenvalue weighted by Gasteiger charge is -2.30. The molecule has 1 atom stereocenters. The van der Waals surface area contributed by atoms with Gasteiger partial charge in [-0.15, -0.1) is 0 Å². The number of esters is 2. The molecule has 0 radical (unpaired) electrons. The van der Waals surface area contributed by atoms with Crippen molar-refractivity contribution < 1.29 is 24.2 Å². The first-order valence-electron chi connectivity index (χ1n) is 11.1. The van der Waals surface area contributed by atoms with Crippen molar-refractivity contribution in [3.63, 3.8) is 0 Å². The Morgan fingerprint density at radius 3 is 2.11 bits per heavy atom. The summed E-state index contributed by atoms with van der Waals surface area (Å²) in [5.41, 5.74) is 0. The van der Waals surface area contributed by atoms with E-state index in [2.05, 4.69) is 6.92 Å². The summed E-state index contributed by atoms with van der Waals surface area (Å²) < 4.78 is 11.3. The predicted octanol–water partition coefficient (Wildman–Crippen LogP) is 4.54. The van der Waals surface area contributed by atoms with Gasteiger partial charge in [-0.2, -0.15) is 0 Å². The van der Waals surface area contributed by atoms with E-state index in [1.165, 1.54) is 19.3 Å². The minimum Gasteiger partial charge on any atom is -0.462 e. The van der Waals surface area contributed by atoms with Crippen LogP contribution in [0, 0.1) is 11.8 Å². The number of rotatable bonds is 9. The molecule has 0 amide bonds. The van der Waals surface area contributed by atoms with E-state index in [1.54, 1.807) is 0 Å². The fraction of sp³-hybridized carbons (Fsp3) is 0.909. The van der Waals surface area contributed by atoms with Crippen molar-refractivity contribution >= 4 is 11.9 Å². The number of carbonyl (C=O) groups is 2. The van der Waals surface area contributed by atoms with E-state index in [9.17, 15) is 14.7 Å². The van der Waals surface area contributed by atoms with Crippen LogP contribution in [-0.2, 0) is 19.1 Å². The lowest BCUT2D eigenvalue weighted by Crippen LogP contribution is -2.33. The summed E-state index contributed by atoms with van der Waals surface area (Å²) in [5, 5.41) is 9.55. The second-order valence-electron chi connectivity index (χ2n) is 8.51. The number of hydrogen-bond acceptors (Lipinski definition) is 5. The zero-order chi connectivity index (χ0) is 19.6. The molecule has 2 saturated carbocycles. The zero-order valence-electron chi connectivity index (χ0n) is 17.2. The average Bonchev–Trinajstić information content (AvgIpc) is 2.66. The molecule has 0 aromatic rings. The van der Waals surface area contributed by atoms with Gasteiger partial charge in [0.15, 0.2) is 0 Å². The maximum absolute atomic E-state index is 12.4. The topological polar surface area (TPSA) is 72.8 Å². The van der Waals surface area contributed by atoms with Crippen LogP contribution in [-0.4, -0.2) is 35.4 Å². The van der Waals surface area contributed by atoms with E-state index in [-0.39, 0.29) is 42.1 Å². The normalized spacial score (nSPS) is 29.7. The Morgan fingerprint density at radius 1 is 0.889 bits per heavy atom. The van der Waals surface area contributed by atoms with E-state index in [0.29, 0.717) is 12.8 Å². The van der Waals surface area contributed by atoms with E-state index >= 15 is 0 Å². The van der Waals surface area contributed by atoms with E-state index in [1.807, 2.05) is 6.92 Å². The molecule has 0 aromatic heterocycles. The highest BCUT2D eigenvalue weighted by Crippen LogP contribution is 2.30. The van der Waals surface area contributed by atoms with Crippen molar-refractivity contribution in [2.45, 2.75) is 116 Å². The molecule has 5 nitrogen and oxygen atoms in total. The lowest BCUT2D eigenvalue weighted by molar-refractivity contribution is -0.160. The van der Waals surface area contributed by atoms with Gasteiger partial charge in [-0.25, -0.2) is 0 Å². The monoisotopic (exact) mass is 382 g/mol. The molecule has 27 heavy (non-hydrogen) atoms. The Bertz CT molecular complexity index is 448. The van der Waals surface area contributed by atoms with E-state index < -0.39 is 0 Å². The zero-order valence-corrected chi connectivity index (χ0v) is 17.2. The number of hydrogen-bond donors (Lipinski definition) is 1. The predicted molar refractivity (Wildman–Crippen MR) is 104 cm³/mol. The van der Waals surface area contributed by atoms with Gasteiger partial charge in [0.05, 0.1) is 24.0 Å². The van der Waals surface area contributed by atoms with Crippen molar-refractivity contribution in [3.8, 4) is 0 Å². The van der Waals surface area contributed by atoms with E-state index in [0.717, 1.165) is 51.4 Å². The number of aliphatic hydroxyl groups excluding tert-OH is 1. The molecule has 156 valence electrons. The van der Waals surface area contributed by atoms with Crippen molar-refractivity contribution in [1.29, 1.82) is 0 Å². The van der Waals surface area contributed by atoms with Crippen LogP contribution in [0.1, 0.15) is 97.3 Å². The standard InChI is InChI=1S/C22H38O5/c1-3-4-5-6-7-16(2)26-21(24)18-10-14-20(15-11-18)27-22(25)17-8-12-19(23)13-9-17/h16-20,23H,3-15H2,1-2H3. The van der Waals surface area contributed by atoms with Gasteiger partial charge in [-0.1, -0.05) is 26.2 Å². The van der Waals surface area contributed by atoms with Crippen molar-refractivity contribution in [3.05, 3.63) is 0 Å². The molecule has 0 aliphatic heterocycles. The molecule has 1 N–H and O–H groups in total. The first-order chi connectivity index (χ1) is 13.0. The fourth-order valence-corrected chi connectivity index (χ4v) is 4.20. The molecule has 2 rings (SSSR count). The molecule has 0 aromatic carbocycles. The Labute approximate surface area is 164 Å². The van der Waals surface area contributed by atoms with Gasteiger partial charge in [-0.3, -0.25) is 9.59 Å². The fourth-order valence-electron chi connectivity index (χ4n) is 4.20. The van der Waals surface area contributed by atoms with Crippen LogP contribution in [0.25, 0.3) is 0 Å². The second kappa shape index (κ2) is 11.7. The SMILES string of the molecule is CCCCCCC(C)OC(=O)C1CCC(OC(=O)C2CCC(O)CC2)CC1. The summed E-state index contributed by atoms with van der Waals surface area (Å²) in [4.78, 5) is 24.6. The third kappa shape index (κ3) is 7.81. The Morgan fingerprint density at radius 2 is 1.48 bits per heavy atom. The van der Waals surface area contributed by atoms with Gasteiger partial charge >= 0.3 is 11.9 Å². The van der Waals surface area contributed by atoms with Crippen LogP contribution in [0.3, 0.4) is 0 Å². The summed E-state index contributed by atoms with van der Waals surface area (Å²) in [6, 6.07) is 0. The van der Waals surface area contributed by atoms with Crippen molar-refractivity contribution in [1.82, 2.24) is 0 Å². The summed E-state index contributed by atoms with van der Waals surface area (Å²) >= 11 is 0. The summed E-state index contributed by atoms with van der Waals surface area (Å²) in [7, 11) is 0. The first kappa shape index (κ1) is 22.2. The number of carbonyl (C=O) groups excluding carboxylic acids is 2. The van der Waals surface area contributed by atoms with Crippen LogP contribution in [0.15, 0.2) is 0 Å². The van der Waals surface area contributed by atoms with Crippen LogP contribution >= 0.6 is 0 Å². The molecular weight excluding hydrogens is 344 g/mol. The highest BCUT2D eigenvalue weighted by Gasteiger charge is 2.32. The molecule has 2 aliphatic carbocycles. The Balaban J connectivity index is 1.62. The second-order valence-corrected chi connectivity index (χ2v) is 8.51. The van der Waals surface area contributed by atoms with Gasteiger partial charge in [0.2, 0.25) is 0 Å². The number of aliphatic hydroxyl groups is 1. The average molecular weight is 383 g/mol. The third-order valence-electron chi connectivity index (χ3n) is 6.10. The summed E-state index contributed by atoms with van der Waals surface area (Å²) in [6.45, 7) is 4.18. The van der Waals surface area contributed by atoms with Gasteiger partial charge < -0.3 is 14.6 Å². The maximum atomic E-state index is 12.4. The minimum absolute atomic E-state index is 0.00782. The van der Waals surface area contributed by atoms with Gasteiger partial charge in [0.25, 0.3) is 0 Å². The van der Waals surface area contributed by atoms with Gasteiger partial charge in [-0.05, 0) is 71.1 Å². The van der Waals surface area contributed by atoms with Crippen LogP contribution < -0.4 is 0 Å². The molecule has 1 unspecified atom stereocenters. The van der Waals surface area contributed by atoms with Gasteiger partial charge in [0.1, 0.15) is 6.10 Å². The summed E-state index contributed by atoms with van der Waals surface area (Å²) in [5.74, 6) is -0.315. The summed E-state index contributed by atoms with van der Waals surface area (Å²) in [6.07, 6.45) is 11.2. The van der Waals surface area contributed by atoms with Crippen molar-refractivity contribution in [2.24, 2.45) is 11.8 Å². The molecule has 0 saturated heterocycles. The van der Waals surface area contributed by atoms with Gasteiger partial charge in [0, 0.05) is 0 Å². The third-order valence-corrected chi connectivity index (χ3v) is 6.10.